The number of hydrogen-bond donors (Lipinski definition) is 2. The van der Waals surface area contributed by atoms with Gasteiger partial charge in [0.25, 0.3) is 5.91 Å². The molecule has 2 N–H and O–H groups in total. The Morgan fingerprint density at radius 2 is 1.96 bits per heavy atom. The van der Waals surface area contributed by atoms with Crippen molar-refractivity contribution in [3.8, 4) is 5.75 Å². The van der Waals surface area contributed by atoms with E-state index in [0.29, 0.717) is 28.7 Å². The Bertz CT molecular complexity index is 557. The van der Waals surface area contributed by atoms with Gasteiger partial charge in [-0.3, -0.25) is 20.4 Å². The van der Waals surface area contributed by atoms with Crippen molar-refractivity contribution in [3.05, 3.63) is 28.8 Å². The van der Waals surface area contributed by atoms with E-state index in [-0.39, 0.29) is 5.91 Å². The number of halogens is 1. The second kappa shape index (κ2) is 8.77. The molecule has 126 valence electrons. The molecule has 23 heavy (non-hydrogen) atoms. The number of hydrogen-bond acceptors (Lipinski definition) is 3. The molecule has 1 aliphatic carbocycles. The highest BCUT2D eigenvalue weighted by Gasteiger charge is 2.16. The van der Waals surface area contributed by atoms with Crippen LogP contribution in [-0.2, 0) is 4.79 Å². The fourth-order valence-electron chi connectivity index (χ4n) is 2.92. The van der Waals surface area contributed by atoms with E-state index in [1.165, 1.54) is 39.2 Å². The van der Waals surface area contributed by atoms with Gasteiger partial charge in [-0.2, -0.15) is 0 Å². The summed E-state index contributed by atoms with van der Waals surface area (Å²) in [5.41, 5.74) is 5.20. The second-order valence-electron chi connectivity index (χ2n) is 5.89. The summed E-state index contributed by atoms with van der Waals surface area (Å²) in [6.07, 6.45) is 7.57. The number of methoxy groups -OCH3 is 1. The van der Waals surface area contributed by atoms with Crippen molar-refractivity contribution in [1.29, 1.82) is 0 Å². The first kappa shape index (κ1) is 17.6. The Morgan fingerprint density at radius 1 is 1.22 bits per heavy atom. The molecular formula is C17H23ClN2O3. The number of benzene rings is 1. The van der Waals surface area contributed by atoms with Crippen LogP contribution in [0.3, 0.4) is 0 Å². The molecule has 0 heterocycles. The molecule has 6 heteroatoms. The topological polar surface area (TPSA) is 67.4 Å². The smallest absolute Gasteiger partial charge is 0.273 e. The molecule has 1 aromatic carbocycles. The van der Waals surface area contributed by atoms with Gasteiger partial charge >= 0.3 is 0 Å². The SMILES string of the molecule is COc1cc(Cl)ccc1C(=O)NNC(=O)CCC1CCCCC1. The molecule has 0 unspecified atom stereocenters. The minimum Gasteiger partial charge on any atom is -0.496 e. The van der Waals surface area contributed by atoms with Crippen molar-refractivity contribution in [2.45, 2.75) is 44.9 Å². The second-order valence-corrected chi connectivity index (χ2v) is 6.33. The summed E-state index contributed by atoms with van der Waals surface area (Å²) >= 11 is 5.86. The van der Waals surface area contributed by atoms with E-state index in [1.807, 2.05) is 0 Å². The Kier molecular flexibility index (Phi) is 6.71. The number of carbonyl (C=O) groups is 2. The molecule has 0 spiro atoms. The lowest BCUT2D eigenvalue weighted by Crippen LogP contribution is -2.41. The van der Waals surface area contributed by atoms with Gasteiger partial charge in [-0.15, -0.1) is 0 Å². The number of carbonyl (C=O) groups excluding carboxylic acids is 2. The first-order valence-electron chi connectivity index (χ1n) is 8.03. The van der Waals surface area contributed by atoms with E-state index in [0.717, 1.165) is 6.42 Å². The van der Waals surface area contributed by atoms with Crippen LogP contribution in [0.2, 0.25) is 5.02 Å². The molecule has 1 saturated carbocycles. The lowest BCUT2D eigenvalue weighted by molar-refractivity contribution is -0.122. The van der Waals surface area contributed by atoms with E-state index < -0.39 is 5.91 Å². The highest BCUT2D eigenvalue weighted by Crippen LogP contribution is 2.27. The van der Waals surface area contributed by atoms with Gasteiger partial charge in [0, 0.05) is 11.4 Å². The van der Waals surface area contributed by atoms with Crippen molar-refractivity contribution < 1.29 is 14.3 Å². The fraction of sp³-hybridized carbons (Fsp3) is 0.529. The van der Waals surface area contributed by atoms with Crippen molar-refractivity contribution in [1.82, 2.24) is 10.9 Å². The van der Waals surface area contributed by atoms with Gasteiger partial charge in [-0.25, -0.2) is 0 Å². The Morgan fingerprint density at radius 3 is 2.65 bits per heavy atom. The summed E-state index contributed by atoms with van der Waals surface area (Å²) in [5.74, 6) is 0.411. The monoisotopic (exact) mass is 338 g/mol. The van der Waals surface area contributed by atoms with Gasteiger partial charge in [0.15, 0.2) is 0 Å². The van der Waals surface area contributed by atoms with Gasteiger partial charge in [-0.05, 0) is 30.5 Å². The molecule has 2 amide bonds. The van der Waals surface area contributed by atoms with Crippen LogP contribution in [0.5, 0.6) is 5.75 Å². The zero-order valence-electron chi connectivity index (χ0n) is 13.4. The maximum absolute atomic E-state index is 12.1. The lowest BCUT2D eigenvalue weighted by atomic mass is 9.86. The third-order valence-corrected chi connectivity index (χ3v) is 4.46. The van der Waals surface area contributed by atoms with Crippen molar-refractivity contribution in [2.75, 3.05) is 7.11 Å². The Labute approximate surface area is 141 Å². The lowest BCUT2D eigenvalue weighted by Gasteiger charge is -2.21. The van der Waals surface area contributed by atoms with Crippen molar-refractivity contribution in [3.63, 3.8) is 0 Å². The summed E-state index contributed by atoms with van der Waals surface area (Å²) in [7, 11) is 1.46. The summed E-state index contributed by atoms with van der Waals surface area (Å²) in [6.45, 7) is 0. The minimum absolute atomic E-state index is 0.170. The predicted octanol–water partition coefficient (Wildman–Crippen LogP) is 3.47. The molecule has 0 saturated heterocycles. The van der Waals surface area contributed by atoms with Crippen LogP contribution in [0.1, 0.15) is 55.3 Å². The maximum Gasteiger partial charge on any atom is 0.273 e. The standard InChI is InChI=1S/C17H23ClN2O3/c1-23-15-11-13(18)8-9-14(15)17(22)20-19-16(21)10-7-12-5-3-2-4-6-12/h8-9,11-12H,2-7,10H2,1H3,(H,19,21)(H,20,22). The Hall–Kier alpha value is -1.75. The molecule has 0 aromatic heterocycles. The van der Waals surface area contributed by atoms with Crippen LogP contribution < -0.4 is 15.6 Å². The molecule has 1 fully saturated rings. The third-order valence-electron chi connectivity index (χ3n) is 4.23. The zero-order chi connectivity index (χ0) is 16.7. The molecule has 0 bridgehead atoms. The molecule has 0 aliphatic heterocycles. The predicted molar refractivity (Wildman–Crippen MR) is 89.4 cm³/mol. The first-order valence-corrected chi connectivity index (χ1v) is 8.40. The zero-order valence-corrected chi connectivity index (χ0v) is 14.1. The van der Waals surface area contributed by atoms with Gasteiger partial charge in [-0.1, -0.05) is 43.7 Å². The number of ether oxygens (including phenoxy) is 1. The highest BCUT2D eigenvalue weighted by molar-refractivity contribution is 6.30. The van der Waals surface area contributed by atoms with Crippen LogP contribution in [0.4, 0.5) is 0 Å². The van der Waals surface area contributed by atoms with Gasteiger partial charge in [0.1, 0.15) is 5.75 Å². The van der Waals surface area contributed by atoms with Gasteiger partial charge in [0.2, 0.25) is 5.91 Å². The van der Waals surface area contributed by atoms with Crippen LogP contribution >= 0.6 is 11.6 Å². The first-order chi connectivity index (χ1) is 11.1. The minimum atomic E-state index is -0.426. The number of rotatable bonds is 5. The van der Waals surface area contributed by atoms with Crippen molar-refractivity contribution in [2.24, 2.45) is 5.92 Å². The molecular weight excluding hydrogens is 316 g/mol. The third kappa shape index (κ3) is 5.43. The molecule has 1 aromatic rings. The molecule has 0 radical (unpaired) electrons. The van der Waals surface area contributed by atoms with E-state index in [4.69, 9.17) is 16.3 Å². The van der Waals surface area contributed by atoms with Crippen LogP contribution in [0.25, 0.3) is 0 Å². The maximum atomic E-state index is 12.1. The molecule has 1 aliphatic rings. The average Bonchev–Trinajstić information content (AvgIpc) is 2.58. The van der Waals surface area contributed by atoms with E-state index in [9.17, 15) is 9.59 Å². The van der Waals surface area contributed by atoms with Gasteiger partial charge < -0.3 is 4.74 Å². The Balaban J connectivity index is 1.78. The van der Waals surface area contributed by atoms with Crippen LogP contribution in [-0.4, -0.2) is 18.9 Å². The summed E-state index contributed by atoms with van der Waals surface area (Å²) in [4.78, 5) is 23.9. The molecule has 2 rings (SSSR count). The van der Waals surface area contributed by atoms with Crippen LogP contribution in [0, 0.1) is 5.92 Å². The summed E-state index contributed by atoms with van der Waals surface area (Å²) < 4.78 is 5.12. The normalized spacial score (nSPS) is 15.0. The summed E-state index contributed by atoms with van der Waals surface area (Å²) in [5, 5.41) is 0.481. The molecule has 0 atom stereocenters. The van der Waals surface area contributed by atoms with Gasteiger partial charge in [0.05, 0.1) is 12.7 Å². The van der Waals surface area contributed by atoms with Crippen molar-refractivity contribution >= 4 is 23.4 Å². The largest absolute Gasteiger partial charge is 0.496 e. The summed E-state index contributed by atoms with van der Waals surface area (Å²) in [6, 6.07) is 4.72. The quantitative estimate of drug-likeness (QED) is 0.808. The number of amides is 2. The van der Waals surface area contributed by atoms with E-state index in [1.54, 1.807) is 18.2 Å². The number of nitrogens with one attached hydrogen (secondary N) is 2. The highest BCUT2D eigenvalue weighted by atomic mass is 35.5. The number of hydrazine groups is 1. The average molecular weight is 339 g/mol. The molecule has 5 nitrogen and oxygen atoms in total. The van der Waals surface area contributed by atoms with E-state index >= 15 is 0 Å². The van der Waals surface area contributed by atoms with Crippen LogP contribution in [0.15, 0.2) is 18.2 Å². The fourth-order valence-corrected chi connectivity index (χ4v) is 3.08. The van der Waals surface area contributed by atoms with E-state index in [2.05, 4.69) is 10.9 Å².